The summed E-state index contributed by atoms with van der Waals surface area (Å²) in [5.74, 6) is 0. The van der Waals surface area contributed by atoms with E-state index in [9.17, 15) is 17.4 Å². The molecule has 0 aliphatic heterocycles. The van der Waals surface area contributed by atoms with Gasteiger partial charge < -0.3 is 0 Å². The maximum Gasteiger partial charge on any atom is 0.562 e. The van der Waals surface area contributed by atoms with Gasteiger partial charge in [0.2, 0.25) is 9.84 Å². The Morgan fingerprint density at radius 1 is 1.60 bits per heavy atom. The van der Waals surface area contributed by atoms with Crippen LogP contribution in [0.15, 0.2) is 0 Å². The molecule has 0 aromatic heterocycles. The number of hydrogen-bond acceptors (Lipinski definition) is 4. The third-order valence-electron chi connectivity index (χ3n) is 0.699. The lowest BCUT2D eigenvalue weighted by Crippen LogP contribution is -2.09. The molecule has 0 radical (unpaired) electrons. The zero-order valence-corrected chi connectivity index (χ0v) is 7.15. The minimum absolute atomic E-state index is 0.657. The smallest absolute Gasteiger partial charge is 0.221 e. The van der Waals surface area contributed by atoms with Crippen molar-refractivity contribution in [3.8, 4) is 0 Å². The van der Waals surface area contributed by atoms with Crippen LogP contribution in [0.3, 0.4) is 0 Å². The van der Waals surface area contributed by atoms with Crippen molar-refractivity contribution in [3.63, 3.8) is 0 Å². The first-order valence-corrected chi connectivity index (χ1v) is 5.43. The first kappa shape index (κ1) is 9.94. The first-order chi connectivity index (χ1) is 4.39. The molecule has 0 bridgehead atoms. The molecular weight excluding hydrogens is 182 g/mol. The van der Waals surface area contributed by atoms with Gasteiger partial charge in [0.15, 0.2) is 0 Å². The van der Waals surface area contributed by atoms with Crippen LogP contribution in [0, 0.1) is 0 Å². The van der Waals surface area contributed by atoms with Gasteiger partial charge in [-0.05, 0) is 4.57 Å². The minimum atomic E-state index is -3.89. The van der Waals surface area contributed by atoms with Crippen LogP contribution >= 0.6 is 8.03 Å². The molecule has 0 amide bonds. The molecule has 2 unspecified atom stereocenters. The van der Waals surface area contributed by atoms with Crippen LogP contribution in [0.25, 0.3) is 0 Å². The molecule has 0 saturated carbocycles. The molecule has 0 N–H and O–H groups in total. The molecule has 10 heavy (non-hydrogen) atoms. The number of halogens is 1. The molecule has 0 aliphatic carbocycles. The van der Waals surface area contributed by atoms with Crippen LogP contribution in [0.1, 0.15) is 0 Å². The molecule has 0 fully saturated rings. The van der Waals surface area contributed by atoms with Gasteiger partial charge in [0.05, 0.1) is 7.11 Å². The molecule has 0 rings (SSSR count). The highest BCUT2D eigenvalue weighted by Crippen LogP contribution is 2.32. The van der Waals surface area contributed by atoms with E-state index in [1.165, 1.54) is 0 Å². The van der Waals surface area contributed by atoms with E-state index >= 15 is 0 Å². The summed E-state index contributed by atoms with van der Waals surface area (Å²) >= 11 is 0. The van der Waals surface area contributed by atoms with Gasteiger partial charge in [-0.2, -0.15) is 4.39 Å². The van der Waals surface area contributed by atoms with Crippen molar-refractivity contribution >= 4 is 17.9 Å². The molecule has 0 aromatic rings. The van der Waals surface area contributed by atoms with E-state index in [0.717, 1.165) is 7.11 Å². The fourth-order valence-corrected chi connectivity index (χ4v) is 1.91. The topological polar surface area (TPSA) is 60.4 Å². The Hall–Kier alpha value is -0.0600. The molecule has 0 spiro atoms. The average Bonchev–Trinajstić information content (AvgIpc) is 1.83. The van der Waals surface area contributed by atoms with Crippen LogP contribution in [0.5, 0.6) is 0 Å². The normalized spacial score (nSPS) is 16.5. The highest BCUT2D eigenvalue weighted by molar-refractivity contribution is 7.96. The minimum Gasteiger partial charge on any atom is -0.221 e. The molecule has 0 aromatic carbocycles. The standard InChI is InChI=1S/C3H7FO4PS/c1-8-9(5)3(4)10(2,6)7/h3H,1-2H3/q+1. The van der Waals surface area contributed by atoms with Crippen molar-refractivity contribution in [2.75, 3.05) is 13.4 Å². The fraction of sp³-hybridized carbons (Fsp3) is 1.00. The van der Waals surface area contributed by atoms with E-state index in [0.29, 0.717) is 6.26 Å². The largest absolute Gasteiger partial charge is 0.562 e. The van der Waals surface area contributed by atoms with Crippen LogP contribution in [0.4, 0.5) is 4.39 Å². The zero-order chi connectivity index (χ0) is 8.36. The molecule has 0 heterocycles. The Morgan fingerprint density at radius 2 is 2.00 bits per heavy atom. The maximum absolute atomic E-state index is 12.3. The Bertz CT molecular complexity index is 223. The predicted molar refractivity (Wildman–Crippen MR) is 34.4 cm³/mol. The van der Waals surface area contributed by atoms with Gasteiger partial charge in [-0.25, -0.2) is 8.42 Å². The quantitative estimate of drug-likeness (QED) is 0.612. The third kappa shape index (κ3) is 2.68. The maximum atomic E-state index is 12.3. The highest BCUT2D eigenvalue weighted by atomic mass is 32.2. The van der Waals surface area contributed by atoms with Gasteiger partial charge in [-0.1, -0.05) is 0 Å². The Balaban J connectivity index is 4.39. The second-order valence-corrected chi connectivity index (χ2v) is 5.40. The van der Waals surface area contributed by atoms with Crippen molar-refractivity contribution in [2.45, 2.75) is 5.24 Å². The zero-order valence-electron chi connectivity index (χ0n) is 5.44. The lowest BCUT2D eigenvalue weighted by Gasteiger charge is -1.89. The van der Waals surface area contributed by atoms with Crippen molar-refractivity contribution in [1.82, 2.24) is 0 Å². The number of alkyl halides is 1. The van der Waals surface area contributed by atoms with Gasteiger partial charge in [0, 0.05) is 6.26 Å². The van der Waals surface area contributed by atoms with Crippen LogP contribution in [-0.4, -0.2) is 27.0 Å². The van der Waals surface area contributed by atoms with E-state index in [1.54, 1.807) is 0 Å². The highest BCUT2D eigenvalue weighted by Gasteiger charge is 2.41. The van der Waals surface area contributed by atoms with Gasteiger partial charge in [-0.15, -0.1) is 4.52 Å². The number of sulfone groups is 1. The monoisotopic (exact) mass is 189 g/mol. The SMILES string of the molecule is CO[P+](=O)C(F)S(C)(=O)=O. The lowest BCUT2D eigenvalue weighted by molar-refractivity contribution is 0.381. The second-order valence-electron chi connectivity index (χ2n) is 1.59. The third-order valence-corrected chi connectivity index (χ3v) is 3.76. The van der Waals surface area contributed by atoms with Crippen molar-refractivity contribution in [3.05, 3.63) is 0 Å². The molecule has 0 saturated heterocycles. The van der Waals surface area contributed by atoms with Crippen LogP contribution in [0.2, 0.25) is 0 Å². The summed E-state index contributed by atoms with van der Waals surface area (Å²) in [6, 6.07) is 0. The molecular formula is C3H7FO4PS+. The summed E-state index contributed by atoms with van der Waals surface area (Å²) in [7, 11) is -5.64. The summed E-state index contributed by atoms with van der Waals surface area (Å²) in [4.78, 5) is 0. The molecule has 7 heteroatoms. The van der Waals surface area contributed by atoms with Crippen molar-refractivity contribution in [2.24, 2.45) is 0 Å². The molecule has 2 atom stereocenters. The van der Waals surface area contributed by atoms with Crippen molar-refractivity contribution in [1.29, 1.82) is 0 Å². The van der Waals surface area contributed by atoms with Gasteiger partial charge in [-0.3, -0.25) is 0 Å². The van der Waals surface area contributed by atoms with E-state index in [2.05, 4.69) is 4.52 Å². The molecule has 0 aliphatic rings. The van der Waals surface area contributed by atoms with E-state index < -0.39 is 23.1 Å². The Morgan fingerprint density at radius 3 is 2.10 bits per heavy atom. The summed E-state index contributed by atoms with van der Waals surface area (Å²) in [5, 5.41) is -2.41. The fourth-order valence-electron chi connectivity index (χ4n) is 0.239. The summed E-state index contributed by atoms with van der Waals surface area (Å²) in [6.45, 7) is 0. The first-order valence-electron chi connectivity index (χ1n) is 2.23. The van der Waals surface area contributed by atoms with E-state index in [-0.39, 0.29) is 0 Å². The van der Waals surface area contributed by atoms with Crippen LogP contribution in [-0.2, 0) is 18.9 Å². The lowest BCUT2D eigenvalue weighted by atomic mass is 11.8. The number of hydrogen-bond donors (Lipinski definition) is 0. The van der Waals surface area contributed by atoms with Gasteiger partial charge >= 0.3 is 13.3 Å². The van der Waals surface area contributed by atoms with Crippen LogP contribution < -0.4 is 0 Å². The number of rotatable bonds is 3. The van der Waals surface area contributed by atoms with Gasteiger partial charge in [0.1, 0.15) is 0 Å². The van der Waals surface area contributed by atoms with E-state index in [1.807, 2.05) is 0 Å². The predicted octanol–water partition coefficient (Wildman–Crippen LogP) is 0.673. The average molecular weight is 189 g/mol. The molecule has 60 valence electrons. The summed E-state index contributed by atoms with van der Waals surface area (Å²) < 4.78 is 47.2. The molecule has 4 nitrogen and oxygen atoms in total. The Labute approximate surface area is 59.2 Å². The Kier molecular flexibility index (Phi) is 3.35. The summed E-state index contributed by atoms with van der Waals surface area (Å²) in [6.07, 6.45) is 0.657. The van der Waals surface area contributed by atoms with Gasteiger partial charge in [0.25, 0.3) is 0 Å². The summed E-state index contributed by atoms with van der Waals surface area (Å²) in [5.41, 5.74) is 0. The van der Waals surface area contributed by atoms with Crippen molar-refractivity contribution < 1.29 is 21.9 Å². The second kappa shape index (κ2) is 3.37. The van der Waals surface area contributed by atoms with E-state index in [4.69, 9.17) is 0 Å².